The summed E-state index contributed by atoms with van der Waals surface area (Å²) in [6, 6.07) is 14.4. The van der Waals surface area contributed by atoms with E-state index in [1.54, 1.807) is 18.2 Å². The lowest BCUT2D eigenvalue weighted by atomic mass is 9.48. The number of benzene rings is 2. The van der Waals surface area contributed by atoms with Crippen molar-refractivity contribution < 1.29 is 8.42 Å². The Labute approximate surface area is 166 Å². The van der Waals surface area contributed by atoms with Crippen LogP contribution in [0.4, 0.5) is 5.69 Å². The molecule has 142 valence electrons. The molecule has 5 heteroatoms. The van der Waals surface area contributed by atoms with E-state index in [-0.39, 0.29) is 4.90 Å². The molecule has 0 spiro atoms. The Hall–Kier alpha value is -1.52. The highest BCUT2D eigenvalue weighted by molar-refractivity contribution is 7.92. The van der Waals surface area contributed by atoms with Gasteiger partial charge in [-0.2, -0.15) is 0 Å². The highest BCUT2D eigenvalue weighted by atomic mass is 35.5. The van der Waals surface area contributed by atoms with Gasteiger partial charge in [-0.25, -0.2) is 8.42 Å². The van der Waals surface area contributed by atoms with Gasteiger partial charge in [-0.3, -0.25) is 4.72 Å². The first kappa shape index (κ1) is 17.6. The van der Waals surface area contributed by atoms with Gasteiger partial charge in [0.2, 0.25) is 0 Å². The van der Waals surface area contributed by atoms with Crippen molar-refractivity contribution in [2.45, 2.75) is 48.8 Å². The molecule has 0 radical (unpaired) electrons. The predicted molar refractivity (Wildman–Crippen MR) is 109 cm³/mol. The van der Waals surface area contributed by atoms with Gasteiger partial charge in [-0.15, -0.1) is 0 Å². The quantitative estimate of drug-likeness (QED) is 0.723. The highest BCUT2D eigenvalue weighted by Gasteiger charge is 2.51. The molecule has 0 heterocycles. The SMILES string of the molecule is O=S(=O)(Nc1ccc(C23CC4CC(CC(C4)C2)C3)cc1)c1cccc(Cl)c1. The van der Waals surface area contributed by atoms with Crippen LogP contribution in [-0.2, 0) is 15.4 Å². The van der Waals surface area contributed by atoms with Gasteiger partial charge in [0.05, 0.1) is 4.90 Å². The molecule has 0 unspecified atom stereocenters. The van der Waals surface area contributed by atoms with E-state index >= 15 is 0 Å². The number of nitrogens with one attached hydrogen (secondary N) is 1. The minimum absolute atomic E-state index is 0.181. The molecule has 0 aromatic heterocycles. The maximum Gasteiger partial charge on any atom is 0.261 e. The van der Waals surface area contributed by atoms with Gasteiger partial charge in [0.15, 0.2) is 0 Å². The van der Waals surface area contributed by atoms with Crippen LogP contribution in [-0.4, -0.2) is 8.42 Å². The van der Waals surface area contributed by atoms with Crippen LogP contribution in [0.5, 0.6) is 0 Å². The number of anilines is 1. The zero-order valence-electron chi connectivity index (χ0n) is 15.2. The van der Waals surface area contributed by atoms with Crippen molar-refractivity contribution >= 4 is 27.3 Å². The first-order chi connectivity index (χ1) is 12.9. The lowest BCUT2D eigenvalue weighted by Crippen LogP contribution is -2.48. The molecule has 4 saturated carbocycles. The Bertz CT molecular complexity index is 933. The van der Waals surface area contributed by atoms with Crippen molar-refractivity contribution in [1.82, 2.24) is 0 Å². The molecule has 27 heavy (non-hydrogen) atoms. The second-order valence-corrected chi connectivity index (χ2v) is 11.0. The average Bonchev–Trinajstić information content (AvgIpc) is 2.61. The number of rotatable bonds is 4. The van der Waals surface area contributed by atoms with Crippen LogP contribution >= 0.6 is 11.6 Å². The first-order valence-corrected chi connectivity index (χ1v) is 11.7. The van der Waals surface area contributed by atoms with E-state index in [0.717, 1.165) is 17.8 Å². The number of sulfonamides is 1. The molecule has 2 aromatic rings. The number of halogens is 1. The monoisotopic (exact) mass is 401 g/mol. The summed E-state index contributed by atoms with van der Waals surface area (Å²) in [4.78, 5) is 0.181. The topological polar surface area (TPSA) is 46.2 Å². The van der Waals surface area contributed by atoms with Gasteiger partial charge in [-0.05, 0) is 97.6 Å². The van der Waals surface area contributed by atoms with E-state index < -0.39 is 10.0 Å². The number of hydrogen-bond acceptors (Lipinski definition) is 2. The summed E-state index contributed by atoms with van der Waals surface area (Å²) in [7, 11) is -3.63. The third-order valence-electron chi connectivity index (χ3n) is 6.89. The van der Waals surface area contributed by atoms with Crippen molar-refractivity contribution in [3.8, 4) is 0 Å². The molecule has 4 aliphatic carbocycles. The molecular weight excluding hydrogens is 378 g/mol. The zero-order valence-corrected chi connectivity index (χ0v) is 16.8. The maximum absolute atomic E-state index is 12.6. The average molecular weight is 402 g/mol. The lowest BCUT2D eigenvalue weighted by Gasteiger charge is -2.57. The minimum Gasteiger partial charge on any atom is -0.280 e. The Morgan fingerprint density at radius 2 is 1.48 bits per heavy atom. The van der Waals surface area contributed by atoms with Crippen LogP contribution in [0.3, 0.4) is 0 Å². The molecule has 6 rings (SSSR count). The van der Waals surface area contributed by atoms with Crippen molar-refractivity contribution in [2.75, 3.05) is 4.72 Å². The van der Waals surface area contributed by atoms with Crippen molar-refractivity contribution in [3.63, 3.8) is 0 Å². The third-order valence-corrected chi connectivity index (χ3v) is 8.51. The summed E-state index contributed by atoms with van der Waals surface area (Å²) in [5.41, 5.74) is 2.33. The van der Waals surface area contributed by atoms with E-state index in [4.69, 9.17) is 11.6 Å². The van der Waals surface area contributed by atoms with Crippen molar-refractivity contribution in [1.29, 1.82) is 0 Å². The molecule has 0 amide bonds. The zero-order chi connectivity index (χ0) is 18.6. The van der Waals surface area contributed by atoms with Gasteiger partial charge >= 0.3 is 0 Å². The predicted octanol–water partition coefficient (Wildman–Crippen LogP) is 5.61. The summed E-state index contributed by atoms with van der Waals surface area (Å²) in [5.74, 6) is 2.70. The summed E-state index contributed by atoms with van der Waals surface area (Å²) in [6.07, 6.45) is 8.22. The Morgan fingerprint density at radius 3 is 2.04 bits per heavy atom. The molecule has 0 saturated heterocycles. The van der Waals surface area contributed by atoms with Crippen LogP contribution in [0, 0.1) is 17.8 Å². The standard InChI is InChI=1S/C22H24ClNO2S/c23-19-2-1-3-21(11-19)27(25,26)24-20-6-4-18(5-7-20)22-12-15-8-16(13-22)10-17(9-15)14-22/h1-7,11,15-17,24H,8-10,12-14H2. The van der Waals surface area contributed by atoms with Crippen LogP contribution in [0.25, 0.3) is 0 Å². The van der Waals surface area contributed by atoms with Gasteiger partial charge in [0, 0.05) is 10.7 Å². The Morgan fingerprint density at radius 1 is 0.889 bits per heavy atom. The van der Waals surface area contributed by atoms with Gasteiger partial charge in [-0.1, -0.05) is 29.8 Å². The fraction of sp³-hybridized carbons (Fsp3) is 0.455. The van der Waals surface area contributed by atoms with Crippen LogP contribution < -0.4 is 4.72 Å². The van der Waals surface area contributed by atoms with Crippen LogP contribution in [0.1, 0.15) is 44.1 Å². The molecule has 4 bridgehead atoms. The maximum atomic E-state index is 12.6. The highest BCUT2D eigenvalue weighted by Crippen LogP contribution is 2.60. The lowest BCUT2D eigenvalue weighted by molar-refractivity contribution is -0.00518. The molecule has 0 aliphatic heterocycles. The largest absolute Gasteiger partial charge is 0.280 e. The van der Waals surface area contributed by atoms with Gasteiger partial charge in [0.25, 0.3) is 10.0 Å². The summed E-state index contributed by atoms with van der Waals surface area (Å²) < 4.78 is 27.9. The molecule has 4 fully saturated rings. The van der Waals surface area contributed by atoms with E-state index in [9.17, 15) is 8.42 Å². The fourth-order valence-corrected chi connectivity index (χ4v) is 7.56. The second kappa shape index (κ2) is 6.25. The third kappa shape index (κ3) is 3.17. The van der Waals surface area contributed by atoms with E-state index in [1.165, 1.54) is 50.2 Å². The summed E-state index contributed by atoms with van der Waals surface area (Å²) in [5, 5.41) is 0.412. The Kier molecular flexibility index (Phi) is 4.07. The first-order valence-electron chi connectivity index (χ1n) is 9.81. The van der Waals surface area contributed by atoms with E-state index in [1.807, 2.05) is 12.1 Å². The Balaban J connectivity index is 1.38. The smallest absolute Gasteiger partial charge is 0.261 e. The normalized spacial score (nSPS) is 31.8. The van der Waals surface area contributed by atoms with Crippen molar-refractivity contribution in [3.05, 3.63) is 59.1 Å². The fourth-order valence-electron chi connectivity index (χ4n) is 6.20. The molecule has 1 N–H and O–H groups in total. The molecular formula is C22H24ClNO2S. The molecule has 0 atom stereocenters. The number of hydrogen-bond donors (Lipinski definition) is 1. The van der Waals surface area contributed by atoms with Gasteiger partial charge < -0.3 is 0 Å². The van der Waals surface area contributed by atoms with Crippen LogP contribution in [0.15, 0.2) is 53.4 Å². The summed E-state index contributed by atoms with van der Waals surface area (Å²) in [6.45, 7) is 0. The van der Waals surface area contributed by atoms with E-state index in [0.29, 0.717) is 16.1 Å². The summed E-state index contributed by atoms with van der Waals surface area (Å²) >= 11 is 5.93. The minimum atomic E-state index is -3.63. The molecule has 2 aromatic carbocycles. The van der Waals surface area contributed by atoms with Gasteiger partial charge in [0.1, 0.15) is 0 Å². The van der Waals surface area contributed by atoms with Crippen molar-refractivity contribution in [2.24, 2.45) is 17.8 Å². The van der Waals surface area contributed by atoms with E-state index in [2.05, 4.69) is 16.9 Å². The molecule has 4 aliphatic rings. The second-order valence-electron chi connectivity index (χ2n) is 8.84. The molecule has 3 nitrogen and oxygen atoms in total. The van der Waals surface area contributed by atoms with Crippen LogP contribution in [0.2, 0.25) is 5.02 Å².